The summed E-state index contributed by atoms with van der Waals surface area (Å²) >= 11 is 0. The molecule has 3 rings (SSSR count). The van der Waals surface area contributed by atoms with E-state index in [-0.39, 0.29) is 5.92 Å². The zero-order valence-corrected chi connectivity index (χ0v) is 21.5. The molecule has 0 spiro atoms. The second-order valence-electron chi connectivity index (χ2n) is 10.0. The number of unbranched alkanes of at least 4 members (excludes halogenated alkanes) is 10. The van der Waals surface area contributed by atoms with Crippen molar-refractivity contribution in [2.24, 2.45) is 5.92 Å². The minimum absolute atomic E-state index is 0.00958. The smallest absolute Gasteiger partial charge is 0.241 e. The molecule has 0 N–H and O–H groups in total. The Morgan fingerprint density at radius 2 is 1.18 bits per heavy atom. The zero-order valence-electron chi connectivity index (χ0n) is 21.5. The maximum atomic E-state index is 15.4. The Balaban J connectivity index is 1.59. The molecule has 1 nitrogen and oxygen atoms in total. The van der Waals surface area contributed by atoms with Crippen molar-refractivity contribution < 1.29 is 9.13 Å². The van der Waals surface area contributed by atoms with Crippen LogP contribution in [0.25, 0.3) is 21.5 Å². The van der Waals surface area contributed by atoms with Crippen molar-refractivity contribution in [1.82, 2.24) is 0 Å². The fraction of sp³-hybridized carbons (Fsp3) is 0.562. The molecule has 0 saturated heterocycles. The fourth-order valence-corrected chi connectivity index (χ4v) is 5.07. The molecule has 0 saturated carbocycles. The van der Waals surface area contributed by atoms with E-state index >= 15 is 4.39 Å². The van der Waals surface area contributed by atoms with Crippen LogP contribution in [0.5, 0.6) is 5.75 Å². The SMILES string of the molecule is CCCCCCCCC(CCCCCCCC)C(F)Oc1ccc2c(ccc3ccccc32)c1. The predicted molar refractivity (Wildman–Crippen MR) is 146 cm³/mol. The molecule has 0 fully saturated rings. The molecule has 0 heterocycles. The second-order valence-corrected chi connectivity index (χ2v) is 10.0. The average molecular weight is 465 g/mol. The lowest BCUT2D eigenvalue weighted by atomic mass is 9.94. The number of rotatable bonds is 17. The van der Waals surface area contributed by atoms with E-state index in [1.165, 1.54) is 80.4 Å². The van der Waals surface area contributed by atoms with Crippen molar-refractivity contribution in [1.29, 1.82) is 0 Å². The number of fused-ring (bicyclic) bond motifs is 3. The standard InChI is InChI=1S/C32H45FO/c1-3-5-7-9-11-13-18-27(19-14-12-10-8-6-4-2)32(33)34-29-23-24-31-28(25-29)22-21-26-17-15-16-20-30(26)31/h15-17,20-25,27,32H,3-14,18-19H2,1-2H3. The zero-order chi connectivity index (χ0) is 24.0. The van der Waals surface area contributed by atoms with E-state index in [1.54, 1.807) is 0 Å². The highest BCUT2D eigenvalue weighted by Gasteiger charge is 2.22. The molecule has 0 aliphatic carbocycles. The van der Waals surface area contributed by atoms with E-state index in [0.29, 0.717) is 5.75 Å². The molecule has 34 heavy (non-hydrogen) atoms. The first-order valence-electron chi connectivity index (χ1n) is 13.9. The van der Waals surface area contributed by atoms with Crippen LogP contribution in [0.1, 0.15) is 104 Å². The Bertz CT molecular complexity index is 950. The van der Waals surface area contributed by atoms with Crippen LogP contribution in [-0.4, -0.2) is 6.36 Å². The molecule has 0 bridgehead atoms. The predicted octanol–water partition coefficient (Wildman–Crippen LogP) is 10.8. The van der Waals surface area contributed by atoms with Gasteiger partial charge in [0.2, 0.25) is 6.36 Å². The Morgan fingerprint density at radius 3 is 1.85 bits per heavy atom. The van der Waals surface area contributed by atoms with Crippen molar-refractivity contribution in [3.05, 3.63) is 54.6 Å². The van der Waals surface area contributed by atoms with E-state index in [1.807, 2.05) is 12.1 Å². The molecule has 0 aliphatic heterocycles. The lowest BCUT2D eigenvalue weighted by molar-refractivity contribution is 0.00332. The summed E-state index contributed by atoms with van der Waals surface area (Å²) < 4.78 is 21.4. The molecule has 3 aromatic carbocycles. The average Bonchev–Trinajstić information content (AvgIpc) is 2.86. The monoisotopic (exact) mass is 464 g/mol. The largest absolute Gasteiger partial charge is 0.460 e. The molecular formula is C32H45FO. The summed E-state index contributed by atoms with van der Waals surface area (Å²) in [5, 5.41) is 4.75. The van der Waals surface area contributed by atoms with Crippen LogP contribution in [0.2, 0.25) is 0 Å². The summed E-state index contributed by atoms with van der Waals surface area (Å²) in [4.78, 5) is 0. The maximum Gasteiger partial charge on any atom is 0.241 e. The van der Waals surface area contributed by atoms with Crippen molar-refractivity contribution in [3.63, 3.8) is 0 Å². The van der Waals surface area contributed by atoms with E-state index in [9.17, 15) is 0 Å². The minimum Gasteiger partial charge on any atom is -0.460 e. The van der Waals surface area contributed by atoms with Gasteiger partial charge in [-0.2, -0.15) is 0 Å². The van der Waals surface area contributed by atoms with Gasteiger partial charge < -0.3 is 4.74 Å². The van der Waals surface area contributed by atoms with Crippen LogP contribution in [0.3, 0.4) is 0 Å². The van der Waals surface area contributed by atoms with E-state index in [2.05, 4.69) is 56.3 Å². The van der Waals surface area contributed by atoms with Crippen LogP contribution in [0.4, 0.5) is 4.39 Å². The van der Waals surface area contributed by atoms with Crippen LogP contribution in [-0.2, 0) is 0 Å². The van der Waals surface area contributed by atoms with Gasteiger partial charge in [-0.15, -0.1) is 0 Å². The van der Waals surface area contributed by atoms with Gasteiger partial charge in [-0.3, -0.25) is 0 Å². The van der Waals surface area contributed by atoms with Crippen LogP contribution in [0.15, 0.2) is 54.6 Å². The third kappa shape index (κ3) is 8.29. The first kappa shape index (κ1) is 26.5. The second kappa shape index (κ2) is 15.0. The third-order valence-electron chi connectivity index (χ3n) is 7.19. The number of ether oxygens (including phenoxy) is 1. The summed E-state index contributed by atoms with van der Waals surface area (Å²) in [6, 6.07) is 18.7. The van der Waals surface area contributed by atoms with Gasteiger partial charge in [-0.1, -0.05) is 133 Å². The normalized spacial score (nSPS) is 12.6. The van der Waals surface area contributed by atoms with Crippen molar-refractivity contribution in [2.45, 2.75) is 110 Å². The summed E-state index contributed by atoms with van der Waals surface area (Å²) in [6.07, 6.45) is 15.6. The Kier molecular flexibility index (Phi) is 11.7. The highest BCUT2D eigenvalue weighted by atomic mass is 19.1. The maximum absolute atomic E-state index is 15.4. The van der Waals surface area contributed by atoms with Crippen molar-refractivity contribution >= 4 is 21.5 Å². The lowest BCUT2D eigenvalue weighted by Gasteiger charge is -2.22. The number of hydrogen-bond donors (Lipinski definition) is 0. The highest BCUT2D eigenvalue weighted by Crippen LogP contribution is 2.31. The Hall–Kier alpha value is -2.09. The third-order valence-corrected chi connectivity index (χ3v) is 7.19. The highest BCUT2D eigenvalue weighted by molar-refractivity contribution is 6.07. The first-order chi connectivity index (χ1) is 16.7. The molecule has 186 valence electrons. The lowest BCUT2D eigenvalue weighted by Crippen LogP contribution is -2.22. The quantitative estimate of drug-likeness (QED) is 0.142. The number of benzene rings is 3. The molecule has 1 unspecified atom stereocenters. The van der Waals surface area contributed by atoms with E-state index < -0.39 is 6.36 Å². The molecule has 2 heteroatoms. The number of alkyl halides is 1. The molecule has 0 aromatic heterocycles. The molecule has 0 amide bonds. The minimum atomic E-state index is -1.23. The Labute approximate surface area is 207 Å². The molecule has 0 radical (unpaired) electrons. The van der Waals surface area contributed by atoms with Gasteiger partial charge >= 0.3 is 0 Å². The van der Waals surface area contributed by atoms with Gasteiger partial charge in [-0.25, -0.2) is 4.39 Å². The van der Waals surface area contributed by atoms with Gasteiger partial charge in [0, 0.05) is 5.92 Å². The van der Waals surface area contributed by atoms with Gasteiger partial charge in [0.1, 0.15) is 5.75 Å². The van der Waals surface area contributed by atoms with Gasteiger partial charge in [0.05, 0.1) is 0 Å². The van der Waals surface area contributed by atoms with Crippen LogP contribution in [0, 0.1) is 5.92 Å². The molecule has 0 aliphatic rings. The van der Waals surface area contributed by atoms with Gasteiger partial charge in [0.15, 0.2) is 0 Å². The molecule has 1 atom stereocenters. The van der Waals surface area contributed by atoms with E-state index in [4.69, 9.17) is 4.74 Å². The molecular weight excluding hydrogens is 419 g/mol. The summed E-state index contributed by atoms with van der Waals surface area (Å²) in [6.45, 7) is 4.49. The topological polar surface area (TPSA) is 9.23 Å². The van der Waals surface area contributed by atoms with Crippen molar-refractivity contribution in [3.8, 4) is 5.75 Å². The summed E-state index contributed by atoms with van der Waals surface area (Å²) in [7, 11) is 0. The van der Waals surface area contributed by atoms with Crippen molar-refractivity contribution in [2.75, 3.05) is 0 Å². The summed E-state index contributed by atoms with van der Waals surface area (Å²) in [5.74, 6) is 0.635. The van der Waals surface area contributed by atoms with Crippen LogP contribution >= 0.6 is 0 Å². The van der Waals surface area contributed by atoms with Gasteiger partial charge in [-0.05, 0) is 46.5 Å². The van der Waals surface area contributed by atoms with Gasteiger partial charge in [0.25, 0.3) is 0 Å². The molecule has 3 aromatic rings. The van der Waals surface area contributed by atoms with E-state index in [0.717, 1.165) is 31.1 Å². The fourth-order valence-electron chi connectivity index (χ4n) is 5.07. The number of halogens is 1. The summed E-state index contributed by atoms with van der Waals surface area (Å²) in [5.41, 5.74) is 0. The first-order valence-corrected chi connectivity index (χ1v) is 13.9. The van der Waals surface area contributed by atoms with Crippen LogP contribution < -0.4 is 4.74 Å². The Morgan fingerprint density at radius 1 is 0.618 bits per heavy atom. The number of hydrogen-bond acceptors (Lipinski definition) is 1.